The van der Waals surface area contributed by atoms with Crippen LogP contribution in [0.1, 0.15) is 15.9 Å². The van der Waals surface area contributed by atoms with Crippen LogP contribution in [0.2, 0.25) is 0 Å². The lowest BCUT2D eigenvalue weighted by atomic mass is 10.0. The average Bonchev–Trinajstić information content (AvgIpc) is 2.90. The Balaban J connectivity index is 0.000000509. The molecular weight excluding hydrogens is 448 g/mol. The lowest BCUT2D eigenvalue weighted by Gasteiger charge is -2.35. The van der Waals surface area contributed by atoms with Gasteiger partial charge >= 0.3 is 11.9 Å². The zero-order chi connectivity index (χ0) is 25.2. The van der Waals surface area contributed by atoms with Crippen molar-refractivity contribution < 1.29 is 29.3 Å². The molecular formula is C27H28N2O6. The number of carboxylic acid groups (broad SMARTS) is 2. The highest BCUT2D eigenvalue weighted by Gasteiger charge is 2.22. The minimum atomic E-state index is -1.82. The first-order valence-electron chi connectivity index (χ1n) is 11.1. The predicted octanol–water partition coefficient (Wildman–Crippen LogP) is 3.48. The highest BCUT2D eigenvalue weighted by atomic mass is 16.5. The molecule has 2 N–H and O–H groups in total. The van der Waals surface area contributed by atoms with Crippen molar-refractivity contribution in [2.75, 3.05) is 33.3 Å². The van der Waals surface area contributed by atoms with E-state index in [0.717, 1.165) is 55.2 Å². The predicted molar refractivity (Wildman–Crippen MR) is 131 cm³/mol. The first kappa shape index (κ1) is 25.5. The van der Waals surface area contributed by atoms with Crippen molar-refractivity contribution >= 4 is 17.8 Å². The van der Waals surface area contributed by atoms with E-state index in [9.17, 15) is 4.79 Å². The summed E-state index contributed by atoms with van der Waals surface area (Å²) in [7, 11) is 1.71. The van der Waals surface area contributed by atoms with Crippen molar-refractivity contribution in [2.24, 2.45) is 0 Å². The zero-order valence-electron chi connectivity index (χ0n) is 19.5. The molecule has 1 fully saturated rings. The van der Waals surface area contributed by atoms with Crippen LogP contribution in [0.15, 0.2) is 78.9 Å². The van der Waals surface area contributed by atoms with Crippen LogP contribution in [0.5, 0.6) is 5.75 Å². The molecule has 0 unspecified atom stereocenters. The Morgan fingerprint density at radius 1 is 0.743 bits per heavy atom. The Labute approximate surface area is 204 Å². The van der Waals surface area contributed by atoms with Gasteiger partial charge in [0.25, 0.3) is 5.91 Å². The maximum atomic E-state index is 12.9. The van der Waals surface area contributed by atoms with Gasteiger partial charge in [0.05, 0.1) is 7.11 Å². The van der Waals surface area contributed by atoms with Crippen molar-refractivity contribution in [3.05, 3.63) is 90.0 Å². The number of hydrogen-bond donors (Lipinski definition) is 2. The third-order valence-electron chi connectivity index (χ3n) is 5.67. The summed E-state index contributed by atoms with van der Waals surface area (Å²) in [6.45, 7) is 4.07. The van der Waals surface area contributed by atoms with Crippen molar-refractivity contribution in [1.82, 2.24) is 9.80 Å². The van der Waals surface area contributed by atoms with Crippen LogP contribution in [0.3, 0.4) is 0 Å². The van der Waals surface area contributed by atoms with Crippen LogP contribution in [-0.2, 0) is 16.1 Å². The number of hydrogen-bond acceptors (Lipinski definition) is 5. The van der Waals surface area contributed by atoms with Gasteiger partial charge in [-0.2, -0.15) is 0 Å². The highest BCUT2D eigenvalue weighted by molar-refractivity contribution is 6.27. The summed E-state index contributed by atoms with van der Waals surface area (Å²) in [4.78, 5) is 35.4. The summed E-state index contributed by atoms with van der Waals surface area (Å²) in [6.07, 6.45) is 0. The molecule has 182 valence electrons. The van der Waals surface area contributed by atoms with Crippen LogP contribution in [-0.4, -0.2) is 71.1 Å². The highest BCUT2D eigenvalue weighted by Crippen LogP contribution is 2.22. The molecule has 0 aromatic heterocycles. The SMILES string of the molecule is COc1ccccc1CN1CCN(C(=O)c2ccc(-c3ccccc3)cc2)CC1.O=C(O)C(=O)O. The fraction of sp³-hybridized carbons (Fsp3) is 0.222. The number of rotatable bonds is 5. The zero-order valence-corrected chi connectivity index (χ0v) is 19.5. The maximum absolute atomic E-state index is 12.9. The van der Waals surface area contributed by atoms with Gasteiger partial charge in [-0.05, 0) is 29.3 Å². The monoisotopic (exact) mass is 476 g/mol. The molecule has 0 bridgehead atoms. The van der Waals surface area contributed by atoms with Gasteiger partial charge in [-0.1, -0.05) is 60.7 Å². The molecule has 8 nitrogen and oxygen atoms in total. The van der Waals surface area contributed by atoms with Crippen LogP contribution in [0.4, 0.5) is 0 Å². The number of nitrogens with zero attached hydrogens (tertiary/aromatic N) is 2. The fourth-order valence-corrected chi connectivity index (χ4v) is 3.80. The lowest BCUT2D eigenvalue weighted by Crippen LogP contribution is -2.48. The molecule has 0 spiro atoms. The van der Waals surface area contributed by atoms with Crippen molar-refractivity contribution in [3.63, 3.8) is 0 Å². The van der Waals surface area contributed by atoms with E-state index in [-0.39, 0.29) is 5.91 Å². The Kier molecular flexibility index (Phi) is 8.97. The largest absolute Gasteiger partial charge is 0.496 e. The Bertz CT molecular complexity index is 1130. The van der Waals surface area contributed by atoms with Crippen molar-refractivity contribution in [1.29, 1.82) is 0 Å². The van der Waals surface area contributed by atoms with E-state index in [2.05, 4.69) is 23.1 Å². The summed E-state index contributed by atoms with van der Waals surface area (Å²) in [5.74, 6) is -2.61. The van der Waals surface area contributed by atoms with E-state index >= 15 is 0 Å². The minimum absolute atomic E-state index is 0.113. The van der Waals surface area contributed by atoms with E-state index in [4.69, 9.17) is 24.5 Å². The third kappa shape index (κ3) is 7.15. The standard InChI is InChI=1S/C25H26N2O2.C2H2O4/c1-29-24-10-6-5-9-23(24)19-26-15-17-27(18-16-26)25(28)22-13-11-21(12-14-22)20-7-3-2-4-8-20;3-1(4)2(5)6/h2-14H,15-19H2,1H3;(H,3,4)(H,5,6). The van der Waals surface area contributed by atoms with Crippen LogP contribution < -0.4 is 4.74 Å². The van der Waals surface area contributed by atoms with Crippen LogP contribution >= 0.6 is 0 Å². The first-order chi connectivity index (χ1) is 16.9. The van der Waals surface area contributed by atoms with Crippen LogP contribution in [0.25, 0.3) is 11.1 Å². The van der Waals surface area contributed by atoms with E-state index in [1.165, 1.54) is 5.56 Å². The number of carbonyl (C=O) groups is 3. The molecule has 8 heteroatoms. The number of piperazine rings is 1. The molecule has 1 amide bonds. The number of benzene rings is 3. The van der Waals surface area contributed by atoms with Gasteiger partial charge in [-0.15, -0.1) is 0 Å². The molecule has 3 aromatic carbocycles. The van der Waals surface area contributed by atoms with Gasteiger partial charge in [0.2, 0.25) is 0 Å². The van der Waals surface area contributed by atoms with Gasteiger partial charge in [-0.3, -0.25) is 9.69 Å². The van der Waals surface area contributed by atoms with Gasteiger partial charge in [-0.25, -0.2) is 9.59 Å². The molecule has 1 saturated heterocycles. The summed E-state index contributed by atoms with van der Waals surface area (Å²) >= 11 is 0. The maximum Gasteiger partial charge on any atom is 0.414 e. The number of aliphatic carboxylic acids is 2. The Hall–Kier alpha value is -4.17. The minimum Gasteiger partial charge on any atom is -0.496 e. The molecule has 1 aliphatic rings. The van der Waals surface area contributed by atoms with Crippen molar-refractivity contribution in [3.8, 4) is 16.9 Å². The molecule has 0 atom stereocenters. The molecule has 0 aliphatic carbocycles. The fourth-order valence-electron chi connectivity index (χ4n) is 3.80. The quantitative estimate of drug-likeness (QED) is 0.543. The lowest BCUT2D eigenvalue weighted by molar-refractivity contribution is -0.159. The molecule has 0 saturated carbocycles. The number of para-hydroxylation sites is 1. The second kappa shape index (κ2) is 12.3. The van der Waals surface area contributed by atoms with Crippen LogP contribution in [0, 0.1) is 0 Å². The summed E-state index contributed by atoms with van der Waals surface area (Å²) in [6, 6.07) is 26.3. The normalized spacial score (nSPS) is 13.3. The second-order valence-corrected chi connectivity index (χ2v) is 7.93. The number of ether oxygens (including phenoxy) is 1. The van der Waals surface area contributed by atoms with Gasteiger partial charge < -0.3 is 19.8 Å². The topological polar surface area (TPSA) is 107 Å². The number of carboxylic acids is 2. The third-order valence-corrected chi connectivity index (χ3v) is 5.67. The molecule has 4 rings (SSSR count). The van der Waals surface area contributed by atoms with E-state index < -0.39 is 11.9 Å². The summed E-state index contributed by atoms with van der Waals surface area (Å²) in [5, 5.41) is 14.8. The Morgan fingerprint density at radius 2 is 1.29 bits per heavy atom. The van der Waals surface area contributed by atoms with E-state index in [1.54, 1.807) is 7.11 Å². The van der Waals surface area contributed by atoms with E-state index in [1.807, 2.05) is 65.6 Å². The Morgan fingerprint density at radius 3 is 1.86 bits per heavy atom. The molecule has 3 aromatic rings. The molecule has 1 heterocycles. The number of amides is 1. The molecule has 0 radical (unpaired) electrons. The first-order valence-corrected chi connectivity index (χ1v) is 11.1. The van der Waals surface area contributed by atoms with Gasteiger partial charge in [0.1, 0.15) is 5.75 Å². The van der Waals surface area contributed by atoms with E-state index in [0.29, 0.717) is 0 Å². The average molecular weight is 477 g/mol. The molecule has 1 aliphatic heterocycles. The number of carbonyl (C=O) groups excluding carboxylic acids is 1. The number of methoxy groups -OCH3 is 1. The smallest absolute Gasteiger partial charge is 0.414 e. The second-order valence-electron chi connectivity index (χ2n) is 7.93. The van der Waals surface area contributed by atoms with Crippen molar-refractivity contribution in [2.45, 2.75) is 6.54 Å². The van der Waals surface area contributed by atoms with Gasteiger partial charge in [0.15, 0.2) is 0 Å². The molecule has 35 heavy (non-hydrogen) atoms. The summed E-state index contributed by atoms with van der Waals surface area (Å²) < 4.78 is 5.45. The van der Waals surface area contributed by atoms with Gasteiger partial charge in [0, 0.05) is 43.9 Å². The summed E-state index contributed by atoms with van der Waals surface area (Å²) in [5.41, 5.74) is 4.23.